The molecule has 2 aliphatic carbocycles. The van der Waals surface area contributed by atoms with E-state index in [2.05, 4.69) is 65.6 Å². The molecule has 5 rings (SSSR count). The molecular weight excluding hydrogens is 356 g/mol. The minimum atomic E-state index is -0.199. The maximum atomic E-state index is 14.1. The largest absolute Gasteiger partial charge is 0.341 e. The molecule has 5 atom stereocenters. The summed E-state index contributed by atoms with van der Waals surface area (Å²) in [5.41, 5.74) is 8.59. The molecule has 29 heavy (non-hydrogen) atoms. The van der Waals surface area contributed by atoms with Gasteiger partial charge in [-0.2, -0.15) is 0 Å². The average Bonchev–Trinajstić information content (AvgIpc) is 3.49. The van der Waals surface area contributed by atoms with Crippen molar-refractivity contribution in [2.45, 2.75) is 38.0 Å². The van der Waals surface area contributed by atoms with E-state index >= 15 is 0 Å². The Balaban J connectivity index is 1.42. The summed E-state index contributed by atoms with van der Waals surface area (Å²) in [5, 5.41) is 0. The van der Waals surface area contributed by atoms with Gasteiger partial charge < -0.3 is 10.6 Å². The van der Waals surface area contributed by atoms with Crippen molar-refractivity contribution in [1.82, 2.24) is 4.90 Å². The molecule has 0 radical (unpaired) electrons. The molecule has 1 amide bonds. The summed E-state index contributed by atoms with van der Waals surface area (Å²) in [6, 6.07) is 21.3. The van der Waals surface area contributed by atoms with Gasteiger partial charge in [0.05, 0.1) is 5.41 Å². The van der Waals surface area contributed by atoms with Crippen molar-refractivity contribution in [3.05, 3.63) is 71.8 Å². The fourth-order valence-electron chi connectivity index (χ4n) is 6.63. The van der Waals surface area contributed by atoms with Gasteiger partial charge in [-0.15, -0.1) is 0 Å². The molecule has 1 saturated heterocycles. The summed E-state index contributed by atoms with van der Waals surface area (Å²) >= 11 is 0. The molecule has 3 aliphatic rings. The van der Waals surface area contributed by atoms with Crippen LogP contribution in [0.2, 0.25) is 0 Å². The van der Waals surface area contributed by atoms with Crippen molar-refractivity contribution in [1.29, 1.82) is 0 Å². The summed E-state index contributed by atoms with van der Waals surface area (Å²) in [5.74, 6) is 2.41. The highest BCUT2D eigenvalue weighted by molar-refractivity contribution is 5.84. The number of carbonyl (C=O) groups is 1. The lowest BCUT2D eigenvalue weighted by Crippen LogP contribution is -2.47. The van der Waals surface area contributed by atoms with Gasteiger partial charge in [-0.1, -0.05) is 67.1 Å². The molecule has 2 saturated carbocycles. The average molecular weight is 389 g/mol. The van der Waals surface area contributed by atoms with E-state index in [1.165, 1.54) is 30.4 Å². The SMILES string of the molecule is NC[C@@H]1CN(C(=O)C2(Cc3ccccc3)CC3CCC2C3)C[C@H]1c1ccccc1. The van der Waals surface area contributed by atoms with Gasteiger partial charge in [0, 0.05) is 19.0 Å². The van der Waals surface area contributed by atoms with Crippen LogP contribution in [0.25, 0.3) is 0 Å². The molecule has 2 N–H and O–H groups in total. The number of hydrogen-bond donors (Lipinski definition) is 1. The number of fused-ring (bicyclic) bond motifs is 2. The van der Waals surface area contributed by atoms with Crippen molar-refractivity contribution < 1.29 is 4.79 Å². The molecule has 1 heterocycles. The number of likely N-dealkylation sites (tertiary alicyclic amines) is 1. The summed E-state index contributed by atoms with van der Waals surface area (Å²) < 4.78 is 0. The fraction of sp³-hybridized carbons (Fsp3) is 0.500. The van der Waals surface area contributed by atoms with E-state index in [-0.39, 0.29) is 5.41 Å². The van der Waals surface area contributed by atoms with Crippen molar-refractivity contribution >= 4 is 5.91 Å². The van der Waals surface area contributed by atoms with E-state index in [1.807, 2.05) is 0 Å². The van der Waals surface area contributed by atoms with Crippen LogP contribution in [0.1, 0.15) is 42.7 Å². The first-order chi connectivity index (χ1) is 14.2. The molecule has 1 aliphatic heterocycles. The van der Waals surface area contributed by atoms with Gasteiger partial charge in [-0.25, -0.2) is 0 Å². The Labute approximate surface area is 174 Å². The molecule has 3 unspecified atom stereocenters. The molecule has 3 fully saturated rings. The summed E-state index contributed by atoms with van der Waals surface area (Å²) in [7, 11) is 0. The molecule has 3 nitrogen and oxygen atoms in total. The van der Waals surface area contributed by atoms with Gasteiger partial charge in [0.25, 0.3) is 0 Å². The van der Waals surface area contributed by atoms with E-state index in [1.54, 1.807) is 0 Å². The first-order valence-corrected chi connectivity index (χ1v) is 11.3. The smallest absolute Gasteiger partial charge is 0.229 e. The highest BCUT2D eigenvalue weighted by atomic mass is 16.2. The lowest BCUT2D eigenvalue weighted by Gasteiger charge is -2.39. The summed E-state index contributed by atoms with van der Waals surface area (Å²) in [4.78, 5) is 16.3. The Morgan fingerprint density at radius 1 is 1.00 bits per heavy atom. The molecule has 0 spiro atoms. The first kappa shape index (κ1) is 18.9. The van der Waals surface area contributed by atoms with E-state index in [0.717, 1.165) is 31.8 Å². The number of amides is 1. The second kappa shape index (κ2) is 7.60. The lowest BCUT2D eigenvalue weighted by molar-refractivity contribution is -0.144. The van der Waals surface area contributed by atoms with Crippen molar-refractivity contribution in [2.24, 2.45) is 28.9 Å². The normalized spacial score (nSPS) is 33.3. The van der Waals surface area contributed by atoms with Gasteiger partial charge >= 0.3 is 0 Å². The monoisotopic (exact) mass is 388 g/mol. The van der Waals surface area contributed by atoms with E-state index in [4.69, 9.17) is 5.73 Å². The molecule has 2 aromatic carbocycles. The van der Waals surface area contributed by atoms with Crippen molar-refractivity contribution in [2.75, 3.05) is 19.6 Å². The van der Waals surface area contributed by atoms with Crippen molar-refractivity contribution in [3.63, 3.8) is 0 Å². The van der Waals surface area contributed by atoms with Gasteiger partial charge in [-0.3, -0.25) is 4.79 Å². The van der Waals surface area contributed by atoms with Gasteiger partial charge in [-0.05, 0) is 61.1 Å². The Morgan fingerprint density at radius 2 is 1.72 bits per heavy atom. The van der Waals surface area contributed by atoms with Gasteiger partial charge in [0.1, 0.15) is 0 Å². The van der Waals surface area contributed by atoms with Crippen molar-refractivity contribution in [3.8, 4) is 0 Å². The predicted molar refractivity (Wildman–Crippen MR) is 116 cm³/mol. The zero-order valence-electron chi connectivity index (χ0n) is 17.2. The predicted octanol–water partition coefficient (Wildman–Crippen LogP) is 4.24. The Morgan fingerprint density at radius 3 is 2.34 bits per heavy atom. The van der Waals surface area contributed by atoms with Crippen LogP contribution in [0.15, 0.2) is 60.7 Å². The van der Waals surface area contributed by atoms with E-state index < -0.39 is 0 Å². The maximum Gasteiger partial charge on any atom is 0.229 e. The Kier molecular flexibility index (Phi) is 4.95. The third-order valence-electron chi connectivity index (χ3n) is 8.02. The Hall–Kier alpha value is -2.13. The molecule has 0 aromatic heterocycles. The molecule has 152 valence electrons. The molecular formula is C26H32N2O. The molecule has 2 aromatic rings. The summed E-state index contributed by atoms with van der Waals surface area (Å²) in [6.45, 7) is 2.27. The number of carbonyl (C=O) groups excluding carboxylic acids is 1. The zero-order chi connectivity index (χ0) is 19.8. The number of rotatable bonds is 5. The number of benzene rings is 2. The lowest BCUT2D eigenvalue weighted by atomic mass is 9.68. The van der Waals surface area contributed by atoms with Gasteiger partial charge in [0.15, 0.2) is 0 Å². The second-order valence-electron chi connectivity index (χ2n) is 9.62. The van der Waals surface area contributed by atoms with Gasteiger partial charge in [0.2, 0.25) is 5.91 Å². The highest BCUT2D eigenvalue weighted by Crippen LogP contribution is 2.58. The van der Waals surface area contributed by atoms with Crippen LogP contribution in [0.3, 0.4) is 0 Å². The van der Waals surface area contributed by atoms with Crippen LogP contribution >= 0.6 is 0 Å². The third kappa shape index (κ3) is 3.30. The van der Waals surface area contributed by atoms with Crippen LogP contribution < -0.4 is 5.73 Å². The van der Waals surface area contributed by atoms with Crippen LogP contribution in [0, 0.1) is 23.2 Å². The third-order valence-corrected chi connectivity index (χ3v) is 8.02. The minimum absolute atomic E-state index is 0.199. The highest BCUT2D eigenvalue weighted by Gasteiger charge is 2.57. The number of nitrogens with two attached hydrogens (primary N) is 1. The second-order valence-corrected chi connectivity index (χ2v) is 9.62. The zero-order valence-corrected chi connectivity index (χ0v) is 17.2. The van der Waals surface area contributed by atoms with Crippen LogP contribution in [-0.4, -0.2) is 30.4 Å². The van der Waals surface area contributed by atoms with Crippen LogP contribution in [0.4, 0.5) is 0 Å². The van der Waals surface area contributed by atoms with E-state index in [0.29, 0.717) is 30.2 Å². The number of hydrogen-bond acceptors (Lipinski definition) is 2. The maximum absolute atomic E-state index is 14.1. The molecule has 2 bridgehead atoms. The molecule has 3 heteroatoms. The summed E-state index contributed by atoms with van der Waals surface area (Å²) in [6.07, 6.45) is 5.75. The van der Waals surface area contributed by atoms with E-state index in [9.17, 15) is 4.79 Å². The Bertz CT molecular complexity index is 852. The van der Waals surface area contributed by atoms with Crippen LogP contribution in [-0.2, 0) is 11.2 Å². The fourth-order valence-corrected chi connectivity index (χ4v) is 6.63. The topological polar surface area (TPSA) is 46.3 Å². The van der Waals surface area contributed by atoms with Crippen LogP contribution in [0.5, 0.6) is 0 Å². The standard InChI is InChI=1S/C26H32N2O/c27-16-22-17-28(18-24(22)21-9-5-2-6-10-21)25(29)26(14-19-7-3-1-4-8-19)15-20-11-12-23(26)13-20/h1-10,20,22-24H,11-18,27H2/t20?,22-,23?,24+,26?/m1/s1. The quantitative estimate of drug-likeness (QED) is 0.833. The first-order valence-electron chi connectivity index (χ1n) is 11.3. The minimum Gasteiger partial charge on any atom is -0.341 e. The number of nitrogens with zero attached hydrogens (tertiary/aromatic N) is 1.